The minimum absolute atomic E-state index is 1.07. The predicted molar refractivity (Wildman–Crippen MR) is 54.0 cm³/mol. The Labute approximate surface area is 74.2 Å². The fourth-order valence-electron chi connectivity index (χ4n) is 1.30. The zero-order valence-electron chi connectivity index (χ0n) is 7.96. The van der Waals surface area contributed by atoms with E-state index in [1.807, 2.05) is 7.05 Å². The lowest BCUT2D eigenvalue weighted by Crippen LogP contribution is -1.99. The molecule has 0 radical (unpaired) electrons. The second-order valence-electron chi connectivity index (χ2n) is 2.82. The summed E-state index contributed by atoms with van der Waals surface area (Å²) in [6, 6.07) is 8.42. The van der Waals surface area contributed by atoms with Gasteiger partial charge in [-0.05, 0) is 24.5 Å². The minimum Gasteiger partial charge on any atom is -0.293 e. The highest BCUT2D eigenvalue weighted by Crippen LogP contribution is 2.10. The van der Waals surface area contributed by atoms with Crippen LogP contribution in [0.3, 0.4) is 0 Å². The fraction of sp³-hybridized carbons (Fsp3) is 0.364. The molecule has 0 atom stereocenters. The van der Waals surface area contributed by atoms with Gasteiger partial charge in [-0.25, -0.2) is 0 Å². The van der Waals surface area contributed by atoms with Gasteiger partial charge in [-0.2, -0.15) is 0 Å². The van der Waals surface area contributed by atoms with E-state index in [2.05, 4.69) is 43.1 Å². The van der Waals surface area contributed by atoms with Crippen LogP contribution in [-0.4, -0.2) is 12.8 Å². The van der Waals surface area contributed by atoms with Crippen molar-refractivity contribution in [1.82, 2.24) is 0 Å². The zero-order chi connectivity index (χ0) is 8.97. The number of hydrogen-bond acceptors (Lipinski definition) is 1. The van der Waals surface area contributed by atoms with Crippen LogP contribution in [0.5, 0.6) is 0 Å². The van der Waals surface area contributed by atoms with Crippen LogP contribution in [0.25, 0.3) is 0 Å². The molecule has 0 saturated heterocycles. The average Bonchev–Trinajstić information content (AvgIpc) is 2.16. The summed E-state index contributed by atoms with van der Waals surface area (Å²) in [5.41, 5.74) is 3.77. The molecule has 1 aromatic carbocycles. The molecule has 0 aliphatic rings. The molecule has 0 spiro atoms. The van der Waals surface area contributed by atoms with Gasteiger partial charge >= 0.3 is 0 Å². The van der Waals surface area contributed by atoms with Crippen molar-refractivity contribution in [2.45, 2.75) is 20.3 Å². The molecule has 12 heavy (non-hydrogen) atoms. The summed E-state index contributed by atoms with van der Waals surface area (Å²) < 4.78 is 0. The highest BCUT2D eigenvalue weighted by molar-refractivity contribution is 5.99. The van der Waals surface area contributed by atoms with Crippen molar-refractivity contribution in [1.29, 1.82) is 0 Å². The molecule has 0 aliphatic heterocycles. The van der Waals surface area contributed by atoms with Crippen LogP contribution in [0.1, 0.15) is 25.0 Å². The lowest BCUT2D eigenvalue weighted by atomic mass is 10.0. The van der Waals surface area contributed by atoms with Crippen molar-refractivity contribution in [2.75, 3.05) is 7.05 Å². The Kier molecular flexibility index (Phi) is 3.03. The van der Waals surface area contributed by atoms with Crippen LogP contribution < -0.4 is 0 Å². The summed E-state index contributed by atoms with van der Waals surface area (Å²) in [6.45, 7) is 4.22. The smallest absolute Gasteiger partial charge is 0.0388 e. The van der Waals surface area contributed by atoms with Gasteiger partial charge in [0.25, 0.3) is 0 Å². The summed E-state index contributed by atoms with van der Waals surface area (Å²) in [7, 11) is 1.84. The van der Waals surface area contributed by atoms with Crippen molar-refractivity contribution in [3.8, 4) is 0 Å². The number of aryl methyl sites for hydroxylation is 1. The largest absolute Gasteiger partial charge is 0.293 e. The van der Waals surface area contributed by atoms with Crippen molar-refractivity contribution in [3.63, 3.8) is 0 Å². The Bertz CT molecular complexity index is 287. The fourth-order valence-corrected chi connectivity index (χ4v) is 1.30. The molecule has 1 heteroatoms. The molecule has 64 valence electrons. The van der Waals surface area contributed by atoms with Crippen LogP contribution >= 0.6 is 0 Å². The molecule has 0 heterocycles. The van der Waals surface area contributed by atoms with Gasteiger partial charge in [0, 0.05) is 12.8 Å². The maximum atomic E-state index is 4.18. The van der Waals surface area contributed by atoms with Crippen molar-refractivity contribution < 1.29 is 0 Å². The summed E-state index contributed by atoms with van der Waals surface area (Å²) >= 11 is 0. The van der Waals surface area contributed by atoms with Gasteiger partial charge in [-0.15, -0.1) is 0 Å². The van der Waals surface area contributed by atoms with E-state index < -0.39 is 0 Å². The van der Waals surface area contributed by atoms with Gasteiger partial charge in [0.15, 0.2) is 0 Å². The molecule has 0 aliphatic carbocycles. The predicted octanol–water partition coefficient (Wildman–Crippen LogP) is 2.69. The lowest BCUT2D eigenvalue weighted by molar-refractivity contribution is 1.13. The summed E-state index contributed by atoms with van der Waals surface area (Å²) in [5, 5.41) is 0. The second-order valence-corrected chi connectivity index (χ2v) is 2.82. The third kappa shape index (κ3) is 1.73. The molecule has 1 rings (SSSR count). The van der Waals surface area contributed by atoms with Gasteiger partial charge in [-0.3, -0.25) is 4.99 Å². The molecular formula is C11H15N. The first-order valence-electron chi connectivity index (χ1n) is 4.31. The van der Waals surface area contributed by atoms with E-state index in [1.165, 1.54) is 11.1 Å². The Morgan fingerprint density at radius 3 is 2.58 bits per heavy atom. The molecule has 1 aromatic rings. The number of hydrogen-bond donors (Lipinski definition) is 0. The lowest BCUT2D eigenvalue weighted by Gasteiger charge is -2.05. The van der Waals surface area contributed by atoms with E-state index >= 15 is 0 Å². The van der Waals surface area contributed by atoms with E-state index in [4.69, 9.17) is 0 Å². The number of aliphatic imine (C=N–C) groups is 1. The van der Waals surface area contributed by atoms with E-state index in [0.29, 0.717) is 0 Å². The molecule has 0 unspecified atom stereocenters. The zero-order valence-corrected chi connectivity index (χ0v) is 7.96. The van der Waals surface area contributed by atoms with Crippen LogP contribution in [-0.2, 0) is 6.42 Å². The third-order valence-electron chi connectivity index (χ3n) is 2.12. The quantitative estimate of drug-likeness (QED) is 0.591. The highest BCUT2D eigenvalue weighted by Gasteiger charge is 2.00. The summed E-state index contributed by atoms with van der Waals surface area (Å²) in [5.74, 6) is 0. The molecule has 0 aromatic heterocycles. The van der Waals surface area contributed by atoms with E-state index in [-0.39, 0.29) is 0 Å². The van der Waals surface area contributed by atoms with Gasteiger partial charge in [0.2, 0.25) is 0 Å². The molecule has 1 nitrogen and oxygen atoms in total. The van der Waals surface area contributed by atoms with Gasteiger partial charge < -0.3 is 0 Å². The van der Waals surface area contributed by atoms with Gasteiger partial charge in [0.1, 0.15) is 0 Å². The molecule has 0 amide bonds. The number of nitrogens with zero attached hydrogens (tertiary/aromatic N) is 1. The average molecular weight is 161 g/mol. The Morgan fingerprint density at radius 2 is 2.00 bits per heavy atom. The number of rotatable bonds is 2. The molecule has 0 bridgehead atoms. The molecule has 0 N–H and O–H groups in total. The van der Waals surface area contributed by atoms with Crippen LogP contribution in [0.2, 0.25) is 0 Å². The molecule has 0 saturated carbocycles. The van der Waals surface area contributed by atoms with Crippen LogP contribution in [0.4, 0.5) is 0 Å². The first-order valence-corrected chi connectivity index (χ1v) is 4.31. The summed E-state index contributed by atoms with van der Waals surface area (Å²) in [4.78, 5) is 4.18. The van der Waals surface area contributed by atoms with E-state index in [1.54, 1.807) is 0 Å². The van der Waals surface area contributed by atoms with E-state index in [9.17, 15) is 0 Å². The van der Waals surface area contributed by atoms with Crippen molar-refractivity contribution in [3.05, 3.63) is 35.4 Å². The Hall–Kier alpha value is -1.11. The maximum Gasteiger partial charge on any atom is 0.0388 e. The first-order chi connectivity index (χ1) is 5.79. The van der Waals surface area contributed by atoms with Crippen molar-refractivity contribution in [2.24, 2.45) is 4.99 Å². The molecule has 0 fully saturated rings. The standard InChI is InChI=1S/C11H15N/c1-4-10-7-5-6-8-11(10)9(2)12-3/h5-8H,4H2,1-3H3/b12-9+. The highest BCUT2D eigenvalue weighted by atomic mass is 14.7. The third-order valence-corrected chi connectivity index (χ3v) is 2.12. The van der Waals surface area contributed by atoms with Gasteiger partial charge in [-0.1, -0.05) is 31.2 Å². The monoisotopic (exact) mass is 161 g/mol. The normalized spacial score (nSPS) is 11.8. The first kappa shape index (κ1) is 8.98. The Morgan fingerprint density at radius 1 is 1.33 bits per heavy atom. The molecular weight excluding hydrogens is 146 g/mol. The minimum atomic E-state index is 1.07. The SMILES string of the molecule is CCc1ccccc1/C(C)=N/C. The summed E-state index contributed by atoms with van der Waals surface area (Å²) in [6.07, 6.45) is 1.07. The van der Waals surface area contributed by atoms with Gasteiger partial charge in [0.05, 0.1) is 0 Å². The van der Waals surface area contributed by atoms with Crippen LogP contribution in [0.15, 0.2) is 29.3 Å². The maximum absolute atomic E-state index is 4.18. The van der Waals surface area contributed by atoms with E-state index in [0.717, 1.165) is 12.1 Å². The number of benzene rings is 1. The van der Waals surface area contributed by atoms with Crippen LogP contribution in [0, 0.1) is 0 Å². The second kappa shape index (κ2) is 4.05. The Balaban J connectivity index is 3.13. The topological polar surface area (TPSA) is 12.4 Å². The van der Waals surface area contributed by atoms with Crippen molar-refractivity contribution >= 4 is 5.71 Å².